The summed E-state index contributed by atoms with van der Waals surface area (Å²) in [7, 11) is 0. The zero-order valence-corrected chi connectivity index (χ0v) is 11.4. The first-order valence-electron chi connectivity index (χ1n) is 5.96. The van der Waals surface area contributed by atoms with Crippen molar-refractivity contribution in [2.45, 2.75) is 13.5 Å². The first kappa shape index (κ1) is 13.5. The Balaban J connectivity index is 2.07. The van der Waals surface area contributed by atoms with Crippen LogP contribution in [0.2, 0.25) is 5.02 Å². The van der Waals surface area contributed by atoms with Crippen LogP contribution in [0.15, 0.2) is 36.4 Å². The van der Waals surface area contributed by atoms with E-state index in [0.717, 1.165) is 5.56 Å². The molecule has 4 nitrogen and oxygen atoms in total. The molecule has 0 aliphatic carbocycles. The van der Waals surface area contributed by atoms with Crippen molar-refractivity contribution in [2.75, 3.05) is 12.3 Å². The lowest BCUT2D eigenvalue weighted by atomic mass is 10.2. The van der Waals surface area contributed by atoms with Crippen LogP contribution < -0.4 is 15.2 Å². The first-order chi connectivity index (χ1) is 9.20. The number of nitrogens with two attached hydrogens (primary N) is 1. The number of pyridine rings is 1. The van der Waals surface area contributed by atoms with Gasteiger partial charge in [0.2, 0.25) is 11.8 Å². The van der Waals surface area contributed by atoms with Gasteiger partial charge in [-0.1, -0.05) is 29.8 Å². The fourth-order valence-electron chi connectivity index (χ4n) is 1.53. The third-order valence-electron chi connectivity index (χ3n) is 2.48. The maximum atomic E-state index is 6.05. The number of rotatable bonds is 5. The minimum absolute atomic E-state index is 0.349. The largest absolute Gasteiger partial charge is 0.476 e. The summed E-state index contributed by atoms with van der Waals surface area (Å²) in [4.78, 5) is 4.19. The highest BCUT2D eigenvalue weighted by molar-refractivity contribution is 6.31. The van der Waals surface area contributed by atoms with Crippen molar-refractivity contribution in [3.63, 3.8) is 0 Å². The molecular weight excluding hydrogens is 264 g/mol. The monoisotopic (exact) mass is 278 g/mol. The van der Waals surface area contributed by atoms with Crippen molar-refractivity contribution in [3.05, 3.63) is 47.0 Å². The molecule has 2 N–H and O–H groups in total. The molecule has 0 aliphatic rings. The number of aromatic nitrogens is 1. The summed E-state index contributed by atoms with van der Waals surface area (Å²) < 4.78 is 10.9. The summed E-state index contributed by atoms with van der Waals surface area (Å²) >= 11 is 6.05. The van der Waals surface area contributed by atoms with E-state index in [-0.39, 0.29) is 0 Å². The number of anilines is 1. The summed E-state index contributed by atoms with van der Waals surface area (Å²) in [5.41, 5.74) is 7.14. The maximum absolute atomic E-state index is 6.05. The summed E-state index contributed by atoms with van der Waals surface area (Å²) in [6.07, 6.45) is 0. The van der Waals surface area contributed by atoms with Gasteiger partial charge in [-0.25, -0.2) is 0 Å². The second-order valence-corrected chi connectivity index (χ2v) is 4.26. The van der Waals surface area contributed by atoms with Crippen molar-refractivity contribution in [2.24, 2.45) is 0 Å². The summed E-state index contributed by atoms with van der Waals surface area (Å²) in [6.45, 7) is 2.73. The van der Waals surface area contributed by atoms with E-state index in [1.807, 2.05) is 31.2 Å². The van der Waals surface area contributed by atoms with Crippen LogP contribution in [0.3, 0.4) is 0 Å². The average Bonchev–Trinajstić information content (AvgIpc) is 2.41. The van der Waals surface area contributed by atoms with Crippen molar-refractivity contribution in [3.8, 4) is 11.8 Å². The molecule has 2 rings (SSSR count). The van der Waals surface area contributed by atoms with E-state index < -0.39 is 0 Å². The van der Waals surface area contributed by atoms with Gasteiger partial charge in [0.25, 0.3) is 0 Å². The highest BCUT2D eigenvalue weighted by Crippen LogP contribution is 2.23. The van der Waals surface area contributed by atoms with Gasteiger partial charge in [0.1, 0.15) is 6.61 Å². The Labute approximate surface area is 117 Å². The predicted octanol–water partition coefficient (Wildman–Crippen LogP) is 3.29. The van der Waals surface area contributed by atoms with E-state index >= 15 is 0 Å². The van der Waals surface area contributed by atoms with Crippen molar-refractivity contribution < 1.29 is 9.47 Å². The van der Waals surface area contributed by atoms with Crippen molar-refractivity contribution >= 4 is 17.3 Å². The number of ether oxygens (including phenoxy) is 2. The lowest BCUT2D eigenvalue weighted by Gasteiger charge is -2.10. The number of hydrogen-bond acceptors (Lipinski definition) is 4. The van der Waals surface area contributed by atoms with Crippen LogP contribution in [0.4, 0.5) is 5.69 Å². The molecule has 0 atom stereocenters. The van der Waals surface area contributed by atoms with E-state index in [4.69, 9.17) is 26.8 Å². The fraction of sp³-hybridized carbons (Fsp3) is 0.214. The smallest absolute Gasteiger partial charge is 0.240 e. The lowest BCUT2D eigenvalue weighted by Crippen LogP contribution is -2.02. The third-order valence-corrected chi connectivity index (χ3v) is 2.85. The molecule has 1 aromatic heterocycles. The Kier molecular flexibility index (Phi) is 4.47. The Morgan fingerprint density at radius 3 is 2.68 bits per heavy atom. The van der Waals surface area contributed by atoms with Crippen molar-refractivity contribution in [1.29, 1.82) is 0 Å². The molecule has 0 aliphatic heterocycles. The van der Waals surface area contributed by atoms with E-state index in [0.29, 0.717) is 35.7 Å². The van der Waals surface area contributed by atoms with Crippen LogP contribution in [0.25, 0.3) is 0 Å². The highest BCUT2D eigenvalue weighted by Gasteiger charge is 2.06. The van der Waals surface area contributed by atoms with E-state index in [2.05, 4.69) is 4.98 Å². The van der Waals surface area contributed by atoms with Gasteiger partial charge in [0, 0.05) is 16.7 Å². The minimum atomic E-state index is 0.349. The average molecular weight is 279 g/mol. The van der Waals surface area contributed by atoms with Gasteiger partial charge in [-0.3, -0.25) is 0 Å². The zero-order valence-electron chi connectivity index (χ0n) is 10.6. The van der Waals surface area contributed by atoms with Gasteiger partial charge < -0.3 is 15.2 Å². The van der Waals surface area contributed by atoms with Gasteiger partial charge in [-0.2, -0.15) is 4.98 Å². The number of benzene rings is 1. The van der Waals surface area contributed by atoms with Crippen LogP contribution >= 0.6 is 11.6 Å². The predicted molar refractivity (Wildman–Crippen MR) is 75.6 cm³/mol. The SMILES string of the molecule is CCOc1nc(OCc2ccccc2Cl)ccc1N. The van der Waals surface area contributed by atoms with Crippen LogP contribution in [0.1, 0.15) is 12.5 Å². The number of halogens is 1. The molecule has 100 valence electrons. The molecule has 0 fully saturated rings. The summed E-state index contributed by atoms with van der Waals surface area (Å²) in [6, 6.07) is 10.9. The van der Waals surface area contributed by atoms with Gasteiger partial charge in [0.05, 0.1) is 12.3 Å². The van der Waals surface area contributed by atoms with Crippen LogP contribution in [0, 0.1) is 0 Å². The molecular formula is C14H15ClN2O2. The third kappa shape index (κ3) is 3.51. The van der Waals surface area contributed by atoms with Crippen LogP contribution in [0.5, 0.6) is 11.8 Å². The molecule has 1 aromatic carbocycles. The molecule has 2 aromatic rings. The van der Waals surface area contributed by atoms with Crippen LogP contribution in [-0.2, 0) is 6.61 Å². The number of hydrogen-bond donors (Lipinski definition) is 1. The van der Waals surface area contributed by atoms with Crippen molar-refractivity contribution in [1.82, 2.24) is 4.98 Å². The van der Waals surface area contributed by atoms with E-state index in [1.165, 1.54) is 0 Å². The normalized spacial score (nSPS) is 10.2. The Morgan fingerprint density at radius 1 is 1.16 bits per heavy atom. The molecule has 0 saturated carbocycles. The lowest BCUT2D eigenvalue weighted by molar-refractivity contribution is 0.280. The molecule has 19 heavy (non-hydrogen) atoms. The summed E-state index contributed by atoms with van der Waals surface area (Å²) in [5.74, 6) is 0.844. The quantitative estimate of drug-likeness (QED) is 0.912. The van der Waals surface area contributed by atoms with Gasteiger partial charge >= 0.3 is 0 Å². The Morgan fingerprint density at radius 2 is 1.95 bits per heavy atom. The second-order valence-electron chi connectivity index (χ2n) is 3.86. The topological polar surface area (TPSA) is 57.4 Å². The maximum Gasteiger partial charge on any atom is 0.240 e. The molecule has 0 spiro atoms. The number of nitrogens with zero attached hydrogens (tertiary/aromatic N) is 1. The molecule has 0 unspecified atom stereocenters. The van der Waals surface area contributed by atoms with Crippen LogP contribution in [-0.4, -0.2) is 11.6 Å². The zero-order chi connectivity index (χ0) is 13.7. The Bertz CT molecular complexity index is 561. The van der Waals surface area contributed by atoms with Gasteiger partial charge in [-0.05, 0) is 19.1 Å². The van der Waals surface area contributed by atoms with Gasteiger partial charge in [0.15, 0.2) is 0 Å². The standard InChI is InChI=1S/C14H15ClN2O2/c1-2-18-14-12(16)7-8-13(17-14)19-9-10-5-3-4-6-11(10)15/h3-8H,2,9,16H2,1H3. The fourth-order valence-corrected chi connectivity index (χ4v) is 1.72. The highest BCUT2D eigenvalue weighted by atomic mass is 35.5. The molecule has 0 saturated heterocycles. The molecule has 0 bridgehead atoms. The number of nitrogen functional groups attached to an aromatic ring is 1. The second kappa shape index (κ2) is 6.29. The first-order valence-corrected chi connectivity index (χ1v) is 6.34. The molecule has 0 amide bonds. The Hall–Kier alpha value is -1.94. The molecule has 5 heteroatoms. The molecule has 0 radical (unpaired) electrons. The minimum Gasteiger partial charge on any atom is -0.476 e. The van der Waals surface area contributed by atoms with E-state index in [1.54, 1.807) is 12.1 Å². The van der Waals surface area contributed by atoms with Gasteiger partial charge in [-0.15, -0.1) is 0 Å². The van der Waals surface area contributed by atoms with E-state index in [9.17, 15) is 0 Å². The summed E-state index contributed by atoms with van der Waals surface area (Å²) in [5, 5.41) is 0.669. The molecule has 1 heterocycles.